The van der Waals surface area contributed by atoms with Crippen molar-refractivity contribution in [1.82, 2.24) is 10.2 Å². The number of likely N-dealkylation sites (tertiary alicyclic amines) is 1. The van der Waals surface area contributed by atoms with E-state index < -0.39 is 0 Å². The number of rotatable bonds is 3. The Morgan fingerprint density at radius 1 is 1.05 bits per heavy atom. The lowest BCUT2D eigenvalue weighted by atomic mass is 10.1. The van der Waals surface area contributed by atoms with E-state index in [0.717, 1.165) is 24.4 Å². The highest BCUT2D eigenvalue weighted by molar-refractivity contribution is 5.82. The third-order valence-electron chi connectivity index (χ3n) is 4.73. The van der Waals surface area contributed by atoms with Crippen molar-refractivity contribution in [3.63, 3.8) is 0 Å². The van der Waals surface area contributed by atoms with Crippen LogP contribution < -0.4 is 5.32 Å². The number of nitrogens with one attached hydrogen (secondary N) is 1. The molecule has 1 saturated heterocycles. The number of fused-ring (bicyclic) bond motifs is 2. The van der Waals surface area contributed by atoms with Crippen LogP contribution in [0.1, 0.15) is 5.56 Å². The van der Waals surface area contributed by atoms with Crippen LogP contribution in [-0.4, -0.2) is 31.1 Å². The Kier molecular flexibility index (Phi) is 2.61. The van der Waals surface area contributed by atoms with Crippen molar-refractivity contribution >= 4 is 10.8 Å². The van der Waals surface area contributed by atoms with Crippen LogP contribution in [0.15, 0.2) is 42.5 Å². The molecule has 1 heterocycles. The van der Waals surface area contributed by atoms with E-state index in [1.165, 1.54) is 29.4 Å². The van der Waals surface area contributed by atoms with Gasteiger partial charge in [-0.3, -0.25) is 0 Å². The molecule has 0 bridgehead atoms. The van der Waals surface area contributed by atoms with E-state index in [0.29, 0.717) is 0 Å². The first kappa shape index (κ1) is 11.4. The van der Waals surface area contributed by atoms with Crippen LogP contribution in [-0.2, 0) is 6.54 Å². The highest BCUT2D eigenvalue weighted by atomic mass is 15.2. The molecule has 1 aliphatic carbocycles. The number of hydrogen-bond acceptors (Lipinski definition) is 2. The summed E-state index contributed by atoms with van der Waals surface area (Å²) in [5.41, 5.74) is 1.40. The Morgan fingerprint density at radius 2 is 1.79 bits per heavy atom. The lowest BCUT2D eigenvalue weighted by Crippen LogP contribution is -2.28. The van der Waals surface area contributed by atoms with Crippen LogP contribution in [0.25, 0.3) is 10.8 Å². The van der Waals surface area contributed by atoms with Gasteiger partial charge in [-0.2, -0.15) is 0 Å². The van der Waals surface area contributed by atoms with Crippen LogP contribution in [0.2, 0.25) is 0 Å². The molecule has 0 aromatic heterocycles. The Bertz CT molecular complexity index is 595. The van der Waals surface area contributed by atoms with Crippen molar-refractivity contribution in [2.24, 2.45) is 11.8 Å². The van der Waals surface area contributed by atoms with Crippen LogP contribution in [0.3, 0.4) is 0 Å². The minimum atomic E-state index is 0.766. The molecule has 2 atom stereocenters. The maximum atomic E-state index is 3.73. The van der Waals surface area contributed by atoms with Crippen LogP contribution in [0.5, 0.6) is 0 Å². The van der Waals surface area contributed by atoms with Gasteiger partial charge in [0.25, 0.3) is 0 Å². The van der Waals surface area contributed by atoms with Gasteiger partial charge in [0, 0.05) is 25.7 Å². The van der Waals surface area contributed by atoms with Crippen molar-refractivity contribution < 1.29 is 0 Å². The fourth-order valence-corrected chi connectivity index (χ4v) is 3.62. The van der Waals surface area contributed by atoms with Gasteiger partial charge in [0.05, 0.1) is 0 Å². The summed E-state index contributed by atoms with van der Waals surface area (Å²) in [4.78, 5) is 2.45. The standard InChI is InChI=1S/C17H20N2/c1-19-10-15-16(11-19)17(15)18-9-12-6-7-13-4-2-3-5-14(13)8-12/h2-8,15-18H,9-11H2,1H3. The topological polar surface area (TPSA) is 15.3 Å². The van der Waals surface area contributed by atoms with Crippen molar-refractivity contribution in [2.45, 2.75) is 12.6 Å². The largest absolute Gasteiger partial charge is 0.309 e. The molecule has 2 fully saturated rings. The van der Waals surface area contributed by atoms with Crippen molar-refractivity contribution in [2.75, 3.05) is 20.1 Å². The van der Waals surface area contributed by atoms with Crippen molar-refractivity contribution in [1.29, 1.82) is 0 Å². The zero-order valence-corrected chi connectivity index (χ0v) is 11.3. The molecular formula is C17H20N2. The molecule has 2 nitrogen and oxygen atoms in total. The molecule has 19 heavy (non-hydrogen) atoms. The normalized spacial score (nSPS) is 29.6. The second-order valence-electron chi connectivity index (χ2n) is 6.14. The minimum absolute atomic E-state index is 0.766. The highest BCUT2D eigenvalue weighted by Gasteiger charge is 2.54. The predicted molar refractivity (Wildman–Crippen MR) is 79.1 cm³/mol. The van der Waals surface area contributed by atoms with E-state index in [1.807, 2.05) is 0 Å². The Morgan fingerprint density at radius 3 is 2.58 bits per heavy atom. The van der Waals surface area contributed by atoms with Gasteiger partial charge in [0.15, 0.2) is 0 Å². The molecule has 2 aromatic carbocycles. The molecule has 2 heteroatoms. The highest BCUT2D eigenvalue weighted by Crippen LogP contribution is 2.44. The second kappa shape index (κ2) is 4.32. The summed E-state index contributed by atoms with van der Waals surface area (Å²) in [6.07, 6.45) is 0. The molecule has 98 valence electrons. The van der Waals surface area contributed by atoms with Crippen LogP contribution in [0, 0.1) is 11.8 Å². The quantitative estimate of drug-likeness (QED) is 0.903. The molecule has 2 aliphatic rings. The lowest BCUT2D eigenvalue weighted by Gasteiger charge is -2.14. The summed E-state index contributed by atoms with van der Waals surface area (Å²) < 4.78 is 0. The Balaban J connectivity index is 1.42. The summed E-state index contributed by atoms with van der Waals surface area (Å²) in [5, 5.41) is 6.41. The van der Waals surface area contributed by atoms with Crippen molar-refractivity contribution in [3.05, 3.63) is 48.0 Å². The van der Waals surface area contributed by atoms with E-state index in [9.17, 15) is 0 Å². The maximum Gasteiger partial charge on any atom is 0.0208 e. The number of piperidine rings is 1. The van der Waals surface area contributed by atoms with E-state index in [-0.39, 0.29) is 0 Å². The van der Waals surface area contributed by atoms with E-state index >= 15 is 0 Å². The summed E-state index contributed by atoms with van der Waals surface area (Å²) in [5.74, 6) is 1.82. The monoisotopic (exact) mass is 252 g/mol. The number of benzene rings is 2. The molecule has 1 aliphatic heterocycles. The molecule has 2 unspecified atom stereocenters. The van der Waals surface area contributed by atoms with Gasteiger partial charge < -0.3 is 10.2 Å². The van der Waals surface area contributed by atoms with Gasteiger partial charge in [0.1, 0.15) is 0 Å². The molecule has 0 radical (unpaired) electrons. The van der Waals surface area contributed by atoms with Crippen LogP contribution >= 0.6 is 0 Å². The SMILES string of the molecule is CN1CC2C(C1)C2NCc1ccc2ccccc2c1. The molecule has 4 rings (SSSR count). The smallest absolute Gasteiger partial charge is 0.0208 e. The van der Waals surface area contributed by atoms with Gasteiger partial charge in [-0.15, -0.1) is 0 Å². The van der Waals surface area contributed by atoms with Gasteiger partial charge >= 0.3 is 0 Å². The average Bonchev–Trinajstić information content (AvgIpc) is 2.90. The first-order chi connectivity index (χ1) is 9.31. The molecule has 2 aromatic rings. The molecule has 0 amide bonds. The molecule has 0 spiro atoms. The van der Waals surface area contributed by atoms with Gasteiger partial charge in [-0.1, -0.05) is 36.4 Å². The molecule has 1 saturated carbocycles. The fourth-order valence-electron chi connectivity index (χ4n) is 3.62. The van der Waals surface area contributed by atoms with Gasteiger partial charge in [-0.25, -0.2) is 0 Å². The summed E-state index contributed by atoms with van der Waals surface area (Å²) >= 11 is 0. The zero-order chi connectivity index (χ0) is 12.8. The number of hydrogen-bond donors (Lipinski definition) is 1. The predicted octanol–water partition coefficient (Wildman–Crippen LogP) is 2.49. The zero-order valence-electron chi connectivity index (χ0n) is 11.3. The average molecular weight is 252 g/mol. The number of nitrogens with zero attached hydrogens (tertiary/aromatic N) is 1. The fraction of sp³-hybridized carbons (Fsp3) is 0.412. The molecular weight excluding hydrogens is 232 g/mol. The molecule has 1 N–H and O–H groups in total. The third-order valence-corrected chi connectivity index (χ3v) is 4.73. The lowest BCUT2D eigenvalue weighted by molar-refractivity contribution is 0.348. The van der Waals surface area contributed by atoms with Crippen molar-refractivity contribution in [3.8, 4) is 0 Å². The Labute approximate surface area is 114 Å². The maximum absolute atomic E-state index is 3.73. The first-order valence-corrected chi connectivity index (χ1v) is 7.21. The second-order valence-corrected chi connectivity index (χ2v) is 6.14. The summed E-state index contributed by atoms with van der Waals surface area (Å²) in [6.45, 7) is 3.56. The van der Waals surface area contributed by atoms with E-state index in [1.54, 1.807) is 0 Å². The first-order valence-electron chi connectivity index (χ1n) is 7.21. The third kappa shape index (κ3) is 2.05. The Hall–Kier alpha value is -1.38. The summed E-state index contributed by atoms with van der Waals surface area (Å²) in [6, 6.07) is 16.1. The summed E-state index contributed by atoms with van der Waals surface area (Å²) in [7, 11) is 2.23. The van der Waals surface area contributed by atoms with E-state index in [4.69, 9.17) is 0 Å². The van der Waals surface area contributed by atoms with E-state index in [2.05, 4.69) is 59.7 Å². The minimum Gasteiger partial charge on any atom is -0.309 e. The van der Waals surface area contributed by atoms with Gasteiger partial charge in [-0.05, 0) is 41.3 Å². The van der Waals surface area contributed by atoms with Gasteiger partial charge in [0.2, 0.25) is 0 Å². The van der Waals surface area contributed by atoms with Crippen LogP contribution in [0.4, 0.5) is 0 Å².